The molecule has 1 amide bonds. The number of hydrogen-bond donors (Lipinski definition) is 1. The Morgan fingerprint density at radius 2 is 1.88 bits per heavy atom. The van der Waals surface area contributed by atoms with Crippen molar-refractivity contribution in [1.82, 2.24) is 14.8 Å². The van der Waals surface area contributed by atoms with Gasteiger partial charge in [-0.1, -0.05) is 20.8 Å². The highest BCUT2D eigenvalue weighted by Gasteiger charge is 2.45. The topological polar surface area (TPSA) is 73.7 Å². The van der Waals surface area contributed by atoms with Gasteiger partial charge in [0, 0.05) is 24.4 Å². The summed E-state index contributed by atoms with van der Waals surface area (Å²) >= 11 is 0. The summed E-state index contributed by atoms with van der Waals surface area (Å²) in [4.78, 5) is 33.2. The largest absolute Gasteiger partial charge is 0.503 e. The summed E-state index contributed by atoms with van der Waals surface area (Å²) in [6, 6.07) is 3.00. The molecule has 0 saturated heterocycles. The van der Waals surface area contributed by atoms with Crippen LogP contribution >= 0.6 is 0 Å². The van der Waals surface area contributed by atoms with E-state index in [1.807, 2.05) is 19.0 Å². The highest BCUT2D eigenvalue weighted by molar-refractivity contribution is 6.10. The summed E-state index contributed by atoms with van der Waals surface area (Å²) < 4.78 is 0. The minimum absolute atomic E-state index is 0.188. The molecular weight excluding hydrogens is 318 g/mol. The summed E-state index contributed by atoms with van der Waals surface area (Å²) in [7, 11) is 3.94. The Morgan fingerprint density at radius 1 is 1.28 bits per heavy atom. The molecule has 1 N–H and O–H groups in total. The fourth-order valence-electron chi connectivity index (χ4n) is 2.97. The van der Waals surface area contributed by atoms with Crippen molar-refractivity contribution in [2.45, 2.75) is 33.2 Å². The molecule has 0 bridgehead atoms. The maximum Gasteiger partial charge on any atom is 0.290 e. The number of aliphatic hydroxyl groups excluding tert-OH is 1. The first-order valence-corrected chi connectivity index (χ1v) is 8.48. The summed E-state index contributed by atoms with van der Waals surface area (Å²) in [5.41, 5.74) is 0.285. The Morgan fingerprint density at radius 3 is 2.40 bits per heavy atom. The number of hydrogen-bond acceptors (Lipinski definition) is 5. The van der Waals surface area contributed by atoms with Gasteiger partial charge < -0.3 is 14.9 Å². The lowest BCUT2D eigenvalue weighted by Gasteiger charge is -2.29. The molecular formula is C19H27N3O3. The predicted octanol–water partition coefficient (Wildman–Crippen LogP) is 2.34. The van der Waals surface area contributed by atoms with Gasteiger partial charge in [-0.25, -0.2) is 0 Å². The van der Waals surface area contributed by atoms with Crippen LogP contribution in [0.25, 0.3) is 0 Å². The van der Waals surface area contributed by atoms with E-state index in [9.17, 15) is 14.7 Å². The molecule has 136 valence electrons. The minimum atomic E-state index is -0.686. The molecule has 0 aromatic carbocycles. The number of amides is 1. The van der Waals surface area contributed by atoms with E-state index in [-0.39, 0.29) is 11.4 Å². The lowest BCUT2D eigenvalue weighted by Crippen LogP contribution is -2.34. The zero-order valence-electron chi connectivity index (χ0n) is 15.6. The number of aliphatic hydroxyl groups is 1. The van der Waals surface area contributed by atoms with Crippen LogP contribution in [0.4, 0.5) is 0 Å². The molecule has 0 fully saturated rings. The zero-order chi connectivity index (χ0) is 18.8. The third-order valence-electron chi connectivity index (χ3n) is 4.26. The minimum Gasteiger partial charge on any atom is -0.503 e. The maximum absolute atomic E-state index is 12.9. The van der Waals surface area contributed by atoms with Gasteiger partial charge in [-0.05, 0) is 44.8 Å². The SMILES string of the molecule is CN(C)CCCN1C(=O)C(O)=C(C(=O)C(C)(C)C)C1c1ccncc1. The monoisotopic (exact) mass is 345 g/mol. The third-order valence-corrected chi connectivity index (χ3v) is 4.26. The molecule has 0 radical (unpaired) electrons. The molecule has 6 heteroatoms. The first kappa shape index (κ1) is 19.1. The van der Waals surface area contributed by atoms with Crippen molar-refractivity contribution < 1.29 is 14.7 Å². The van der Waals surface area contributed by atoms with Crippen LogP contribution in [0.15, 0.2) is 35.9 Å². The fourth-order valence-corrected chi connectivity index (χ4v) is 2.97. The molecule has 25 heavy (non-hydrogen) atoms. The smallest absolute Gasteiger partial charge is 0.290 e. The highest BCUT2D eigenvalue weighted by atomic mass is 16.3. The van der Waals surface area contributed by atoms with E-state index in [2.05, 4.69) is 4.98 Å². The number of ketones is 1. The standard InChI is InChI=1S/C19H27N3O3/c1-19(2,3)17(24)14-15(13-7-9-20-10-8-13)22(18(25)16(14)23)12-6-11-21(4)5/h7-10,15,23H,6,11-12H2,1-5H3. The van der Waals surface area contributed by atoms with Crippen LogP contribution in [0.2, 0.25) is 0 Å². The van der Waals surface area contributed by atoms with E-state index in [1.54, 1.807) is 50.2 Å². The molecule has 1 unspecified atom stereocenters. The maximum atomic E-state index is 12.9. The van der Waals surface area contributed by atoms with E-state index >= 15 is 0 Å². The van der Waals surface area contributed by atoms with E-state index in [4.69, 9.17) is 0 Å². The summed E-state index contributed by atoms with van der Waals surface area (Å²) in [6.45, 7) is 6.65. The van der Waals surface area contributed by atoms with Crippen molar-refractivity contribution in [2.75, 3.05) is 27.2 Å². The first-order valence-electron chi connectivity index (χ1n) is 8.48. The second kappa shape index (κ2) is 7.35. The molecule has 1 aromatic rings. The second-order valence-electron chi connectivity index (χ2n) is 7.68. The predicted molar refractivity (Wildman–Crippen MR) is 96.0 cm³/mol. The zero-order valence-corrected chi connectivity index (χ0v) is 15.6. The summed E-state index contributed by atoms with van der Waals surface area (Å²) in [5, 5.41) is 10.4. The van der Waals surface area contributed by atoms with E-state index < -0.39 is 23.1 Å². The van der Waals surface area contributed by atoms with Crippen molar-refractivity contribution in [3.05, 3.63) is 41.4 Å². The fraction of sp³-hybridized carbons (Fsp3) is 0.526. The molecule has 2 rings (SSSR count). The molecule has 1 aliphatic rings. The van der Waals surface area contributed by atoms with Gasteiger partial charge in [-0.15, -0.1) is 0 Å². The van der Waals surface area contributed by atoms with Gasteiger partial charge in [0.1, 0.15) is 0 Å². The van der Waals surface area contributed by atoms with Crippen molar-refractivity contribution in [3.63, 3.8) is 0 Å². The van der Waals surface area contributed by atoms with Crippen LogP contribution in [-0.2, 0) is 9.59 Å². The van der Waals surface area contributed by atoms with Crippen LogP contribution in [0, 0.1) is 5.41 Å². The molecule has 0 aliphatic carbocycles. The van der Waals surface area contributed by atoms with Crippen LogP contribution in [0.5, 0.6) is 0 Å². The first-order chi connectivity index (χ1) is 11.6. The van der Waals surface area contributed by atoms with Crippen LogP contribution in [0.1, 0.15) is 38.8 Å². The average molecular weight is 345 g/mol. The van der Waals surface area contributed by atoms with Gasteiger partial charge >= 0.3 is 0 Å². The molecule has 1 aliphatic heterocycles. The number of aromatic nitrogens is 1. The highest BCUT2D eigenvalue weighted by Crippen LogP contribution is 2.40. The molecule has 1 aromatic heterocycles. The number of carbonyl (C=O) groups excluding carboxylic acids is 2. The Hall–Kier alpha value is -2.21. The normalized spacial score (nSPS) is 18.4. The van der Waals surface area contributed by atoms with Crippen molar-refractivity contribution in [1.29, 1.82) is 0 Å². The summed E-state index contributed by atoms with van der Waals surface area (Å²) in [5.74, 6) is -1.12. The van der Waals surface area contributed by atoms with Gasteiger partial charge in [0.2, 0.25) is 0 Å². The molecule has 2 heterocycles. The molecule has 0 saturated carbocycles. The Kier molecular flexibility index (Phi) is 5.62. The van der Waals surface area contributed by atoms with Gasteiger partial charge in [0.25, 0.3) is 5.91 Å². The second-order valence-corrected chi connectivity index (χ2v) is 7.68. The van der Waals surface area contributed by atoms with Gasteiger partial charge in [-0.2, -0.15) is 0 Å². The van der Waals surface area contributed by atoms with Gasteiger partial charge in [0.15, 0.2) is 11.5 Å². The average Bonchev–Trinajstić information content (AvgIpc) is 2.78. The number of carbonyl (C=O) groups is 2. The van der Waals surface area contributed by atoms with Crippen LogP contribution < -0.4 is 0 Å². The van der Waals surface area contributed by atoms with E-state index in [0.717, 1.165) is 18.5 Å². The summed E-state index contributed by atoms with van der Waals surface area (Å²) in [6.07, 6.45) is 4.02. The lowest BCUT2D eigenvalue weighted by molar-refractivity contribution is -0.129. The molecule has 0 spiro atoms. The molecule has 1 atom stereocenters. The quantitative estimate of drug-likeness (QED) is 0.857. The Labute approximate surface area is 149 Å². The van der Waals surface area contributed by atoms with E-state index in [1.165, 1.54) is 0 Å². The Balaban J connectivity index is 2.42. The Bertz CT molecular complexity index is 675. The number of nitrogens with zero attached hydrogens (tertiary/aromatic N) is 3. The number of Topliss-reactive ketones (excluding diaryl/α,β-unsaturated/α-hetero) is 1. The van der Waals surface area contributed by atoms with E-state index in [0.29, 0.717) is 6.54 Å². The van der Waals surface area contributed by atoms with Gasteiger partial charge in [-0.3, -0.25) is 14.6 Å². The van der Waals surface area contributed by atoms with Gasteiger partial charge in [0.05, 0.1) is 11.6 Å². The van der Waals surface area contributed by atoms with Crippen LogP contribution in [0.3, 0.4) is 0 Å². The van der Waals surface area contributed by atoms with Crippen molar-refractivity contribution >= 4 is 11.7 Å². The van der Waals surface area contributed by atoms with Crippen molar-refractivity contribution in [2.24, 2.45) is 5.41 Å². The number of pyridine rings is 1. The number of rotatable bonds is 6. The van der Waals surface area contributed by atoms with Crippen LogP contribution in [-0.4, -0.2) is 58.8 Å². The third kappa shape index (κ3) is 4.07. The lowest BCUT2D eigenvalue weighted by atomic mass is 9.82. The van der Waals surface area contributed by atoms with Crippen molar-refractivity contribution in [3.8, 4) is 0 Å². The molecule has 6 nitrogen and oxygen atoms in total.